The fraction of sp³-hybridized carbons (Fsp3) is 0.161. The van der Waals surface area contributed by atoms with E-state index >= 15 is 0 Å². The van der Waals surface area contributed by atoms with Crippen LogP contribution in [0.2, 0.25) is 5.02 Å². The van der Waals surface area contributed by atoms with Crippen LogP contribution in [0.25, 0.3) is 0 Å². The van der Waals surface area contributed by atoms with Crippen molar-refractivity contribution in [2.75, 3.05) is 19.1 Å². The minimum atomic E-state index is -0.582. The molecular formula is C31H26BrClN2O3. The molecule has 5 nitrogen and oxygen atoms in total. The summed E-state index contributed by atoms with van der Waals surface area (Å²) in [6.45, 7) is 0.441. The average Bonchev–Trinajstić information content (AvgIpc) is 3.03. The van der Waals surface area contributed by atoms with Gasteiger partial charge in [0.25, 0.3) is 5.91 Å². The number of benzodiazepines with no additional fused rings is 1. The fourth-order valence-corrected chi connectivity index (χ4v) is 5.08. The molecule has 192 valence electrons. The predicted molar refractivity (Wildman–Crippen MR) is 156 cm³/mol. The molecule has 0 aliphatic carbocycles. The molecule has 4 aromatic carbocycles. The van der Waals surface area contributed by atoms with Crippen molar-refractivity contribution in [3.05, 3.63) is 123 Å². The third-order valence-corrected chi connectivity index (χ3v) is 7.21. The Morgan fingerprint density at radius 1 is 0.921 bits per heavy atom. The third kappa shape index (κ3) is 5.77. The first-order valence-electron chi connectivity index (χ1n) is 12.2. The van der Waals surface area contributed by atoms with Crippen molar-refractivity contribution < 1.29 is 14.3 Å². The fourth-order valence-electron chi connectivity index (χ4n) is 4.46. The number of hydrogen-bond acceptors (Lipinski definition) is 4. The van der Waals surface area contributed by atoms with Gasteiger partial charge in [-0.2, -0.15) is 0 Å². The molecule has 0 bridgehead atoms. The van der Waals surface area contributed by atoms with E-state index in [1.165, 1.54) is 0 Å². The topological polar surface area (TPSA) is 51.1 Å². The number of fused-ring (bicyclic) bond motifs is 1. The normalized spacial score (nSPS) is 14.9. The van der Waals surface area contributed by atoms with Gasteiger partial charge in [-0.3, -0.25) is 9.79 Å². The zero-order valence-electron chi connectivity index (χ0n) is 21.0. The Kier molecular flexibility index (Phi) is 7.82. The van der Waals surface area contributed by atoms with E-state index in [1.54, 1.807) is 25.1 Å². The number of aliphatic imine (C=N–C) groups is 1. The Hall–Kier alpha value is -3.61. The van der Waals surface area contributed by atoms with E-state index in [1.807, 2.05) is 84.9 Å². The van der Waals surface area contributed by atoms with E-state index in [0.717, 1.165) is 49.6 Å². The number of hydrogen-bond donors (Lipinski definition) is 0. The Morgan fingerprint density at radius 2 is 1.66 bits per heavy atom. The summed E-state index contributed by atoms with van der Waals surface area (Å²) in [5.74, 6) is 1.48. The highest BCUT2D eigenvalue weighted by atomic mass is 79.9. The summed E-state index contributed by atoms with van der Waals surface area (Å²) in [5.41, 5.74) is 5.27. The number of likely N-dealkylation sites (N-methyl/N-ethyl adjacent to an activating group) is 1. The van der Waals surface area contributed by atoms with Gasteiger partial charge < -0.3 is 14.4 Å². The Labute approximate surface area is 235 Å². The number of anilines is 1. The van der Waals surface area contributed by atoms with E-state index in [0.29, 0.717) is 18.1 Å². The summed E-state index contributed by atoms with van der Waals surface area (Å²) in [6.07, 6.45) is 0.483. The highest BCUT2D eigenvalue weighted by molar-refractivity contribution is 9.10. The van der Waals surface area contributed by atoms with E-state index in [-0.39, 0.29) is 5.91 Å². The van der Waals surface area contributed by atoms with Crippen LogP contribution in [0.3, 0.4) is 0 Å². The molecule has 1 unspecified atom stereocenters. The molecule has 5 rings (SSSR count). The van der Waals surface area contributed by atoms with Crippen LogP contribution >= 0.6 is 27.5 Å². The minimum absolute atomic E-state index is 0.0667. The second-order valence-electron chi connectivity index (χ2n) is 9.05. The van der Waals surface area contributed by atoms with Gasteiger partial charge in [0.15, 0.2) is 0 Å². The smallest absolute Gasteiger partial charge is 0.251 e. The van der Waals surface area contributed by atoms with Crippen LogP contribution in [0, 0.1) is 0 Å². The number of halogens is 2. The molecule has 0 spiro atoms. The molecule has 0 saturated heterocycles. The van der Waals surface area contributed by atoms with Crippen molar-refractivity contribution in [2.24, 2.45) is 4.99 Å². The van der Waals surface area contributed by atoms with Gasteiger partial charge in [0.2, 0.25) is 0 Å². The van der Waals surface area contributed by atoms with Crippen LogP contribution in [0.15, 0.2) is 100 Å². The molecule has 0 aromatic heterocycles. The monoisotopic (exact) mass is 588 g/mol. The number of carbonyl (C=O) groups excluding carboxylic acids is 1. The van der Waals surface area contributed by atoms with Gasteiger partial charge in [-0.25, -0.2) is 0 Å². The molecule has 0 N–H and O–H groups in total. The summed E-state index contributed by atoms with van der Waals surface area (Å²) in [7, 11) is 3.44. The molecule has 7 heteroatoms. The summed E-state index contributed by atoms with van der Waals surface area (Å²) < 4.78 is 12.2. The van der Waals surface area contributed by atoms with Gasteiger partial charge in [0, 0.05) is 34.1 Å². The second-order valence-corrected chi connectivity index (χ2v) is 10.4. The number of ether oxygens (including phenoxy) is 2. The van der Waals surface area contributed by atoms with Gasteiger partial charge in [0.1, 0.15) is 24.1 Å². The molecule has 1 atom stereocenters. The Balaban J connectivity index is 1.46. The van der Waals surface area contributed by atoms with E-state index < -0.39 is 6.04 Å². The summed E-state index contributed by atoms with van der Waals surface area (Å²) in [6, 6.07) is 28.5. The van der Waals surface area contributed by atoms with Crippen molar-refractivity contribution in [1.29, 1.82) is 0 Å². The lowest BCUT2D eigenvalue weighted by atomic mass is 10.00. The van der Waals surface area contributed by atoms with Gasteiger partial charge >= 0.3 is 0 Å². The highest BCUT2D eigenvalue weighted by Crippen LogP contribution is 2.31. The van der Waals surface area contributed by atoms with Gasteiger partial charge in [-0.1, -0.05) is 51.8 Å². The zero-order valence-corrected chi connectivity index (χ0v) is 23.4. The standard InChI is InChI=1S/C31H26BrClN2O3/c1-35-29-15-10-24(33)18-27(29)30(34-28(31(35)36)17-21-4-3-5-23(32)16-21)22-8-13-26(14-9-22)38-19-20-6-11-25(37-2)12-7-20/h3-16,18,28H,17,19H2,1-2H3. The van der Waals surface area contributed by atoms with E-state index in [2.05, 4.69) is 15.9 Å². The number of rotatable bonds is 7. The first-order valence-corrected chi connectivity index (χ1v) is 13.3. The Bertz CT molecular complexity index is 1490. The number of amides is 1. The van der Waals surface area contributed by atoms with Gasteiger partial charge in [-0.15, -0.1) is 0 Å². The quantitative estimate of drug-likeness (QED) is 0.231. The minimum Gasteiger partial charge on any atom is -0.497 e. The maximum absolute atomic E-state index is 13.5. The van der Waals surface area contributed by atoms with Crippen molar-refractivity contribution >= 4 is 44.8 Å². The van der Waals surface area contributed by atoms with Crippen LogP contribution in [-0.2, 0) is 17.8 Å². The molecule has 1 aliphatic rings. The van der Waals surface area contributed by atoms with Crippen LogP contribution in [0.4, 0.5) is 5.69 Å². The lowest BCUT2D eigenvalue weighted by molar-refractivity contribution is -0.119. The molecule has 0 radical (unpaired) electrons. The number of benzene rings is 4. The van der Waals surface area contributed by atoms with Crippen LogP contribution in [-0.4, -0.2) is 31.8 Å². The number of carbonyl (C=O) groups is 1. The average molecular weight is 590 g/mol. The Morgan fingerprint density at radius 3 is 2.37 bits per heavy atom. The molecule has 0 fully saturated rings. The summed E-state index contributed by atoms with van der Waals surface area (Å²) >= 11 is 9.93. The lowest BCUT2D eigenvalue weighted by Crippen LogP contribution is -2.36. The van der Waals surface area contributed by atoms with Crippen LogP contribution < -0.4 is 14.4 Å². The first kappa shape index (κ1) is 26.0. The van der Waals surface area contributed by atoms with Crippen LogP contribution in [0.5, 0.6) is 11.5 Å². The third-order valence-electron chi connectivity index (χ3n) is 6.49. The van der Waals surface area contributed by atoms with E-state index in [9.17, 15) is 4.79 Å². The lowest BCUT2D eigenvalue weighted by Gasteiger charge is -2.20. The molecule has 1 heterocycles. The zero-order chi connectivity index (χ0) is 26.6. The van der Waals surface area contributed by atoms with Crippen molar-refractivity contribution in [3.63, 3.8) is 0 Å². The van der Waals surface area contributed by atoms with E-state index in [4.69, 9.17) is 26.1 Å². The summed E-state index contributed by atoms with van der Waals surface area (Å²) in [5, 5.41) is 0.585. The van der Waals surface area contributed by atoms with Crippen molar-refractivity contribution in [1.82, 2.24) is 0 Å². The predicted octanol–water partition coefficient (Wildman–Crippen LogP) is 7.12. The largest absolute Gasteiger partial charge is 0.497 e. The maximum atomic E-state index is 13.5. The number of methoxy groups -OCH3 is 1. The van der Waals surface area contributed by atoms with Crippen molar-refractivity contribution in [2.45, 2.75) is 19.1 Å². The van der Waals surface area contributed by atoms with Gasteiger partial charge in [-0.05, 0) is 77.9 Å². The molecule has 4 aromatic rings. The summed E-state index contributed by atoms with van der Waals surface area (Å²) in [4.78, 5) is 20.2. The van der Waals surface area contributed by atoms with Crippen molar-refractivity contribution in [3.8, 4) is 11.5 Å². The molecule has 38 heavy (non-hydrogen) atoms. The molecular weight excluding hydrogens is 564 g/mol. The van der Waals surface area contributed by atoms with Crippen LogP contribution in [0.1, 0.15) is 22.3 Å². The first-order chi connectivity index (χ1) is 18.4. The molecule has 1 amide bonds. The second kappa shape index (κ2) is 11.4. The highest BCUT2D eigenvalue weighted by Gasteiger charge is 2.30. The molecule has 1 aliphatic heterocycles. The van der Waals surface area contributed by atoms with Gasteiger partial charge in [0.05, 0.1) is 18.5 Å². The molecule has 0 saturated carbocycles. The maximum Gasteiger partial charge on any atom is 0.251 e. The number of nitrogens with zero attached hydrogens (tertiary/aromatic N) is 2. The SMILES string of the molecule is COc1ccc(COc2ccc(C3=NC(Cc4cccc(Br)c4)C(=O)N(C)c4ccc(Cl)cc43)cc2)cc1.